The summed E-state index contributed by atoms with van der Waals surface area (Å²) in [5.41, 5.74) is 0.627. The fourth-order valence-corrected chi connectivity index (χ4v) is 1.96. The highest BCUT2D eigenvalue weighted by molar-refractivity contribution is 6.15. The monoisotopic (exact) mass is 289 g/mol. The van der Waals surface area contributed by atoms with Gasteiger partial charge in [0.25, 0.3) is 0 Å². The van der Waals surface area contributed by atoms with E-state index in [-0.39, 0.29) is 12.3 Å². The molecule has 6 nitrogen and oxygen atoms in total. The minimum atomic E-state index is -1.20. The number of cyclic esters (lactones) is 1. The molecule has 2 rings (SSSR count). The van der Waals surface area contributed by atoms with Gasteiger partial charge in [-0.05, 0) is 12.1 Å². The number of carbonyl (C=O) groups excluding carboxylic acids is 3. The van der Waals surface area contributed by atoms with Crippen molar-refractivity contribution in [2.75, 3.05) is 7.11 Å². The topological polar surface area (TPSA) is 82.0 Å². The van der Waals surface area contributed by atoms with Gasteiger partial charge in [-0.3, -0.25) is 9.59 Å². The van der Waals surface area contributed by atoms with Crippen molar-refractivity contribution in [3.05, 3.63) is 35.9 Å². The molecule has 0 fully saturated rings. The Labute approximate surface area is 121 Å². The third kappa shape index (κ3) is 3.34. The number of rotatable bonds is 5. The minimum absolute atomic E-state index is 0.113. The normalized spacial score (nSPS) is 18.7. The molecule has 1 aromatic carbocycles. The van der Waals surface area contributed by atoms with Gasteiger partial charge in [0.05, 0.1) is 13.0 Å². The van der Waals surface area contributed by atoms with Crippen molar-refractivity contribution < 1.29 is 23.9 Å². The lowest BCUT2D eigenvalue weighted by Crippen LogP contribution is -2.28. The summed E-state index contributed by atoms with van der Waals surface area (Å²) < 4.78 is 9.57. The number of esters is 2. The second kappa shape index (κ2) is 6.30. The number of carbonyl (C=O) groups is 3. The van der Waals surface area contributed by atoms with E-state index in [9.17, 15) is 14.4 Å². The summed E-state index contributed by atoms with van der Waals surface area (Å²) in [5, 5.41) is 0. The molecule has 0 spiro atoms. The van der Waals surface area contributed by atoms with Crippen LogP contribution in [0.5, 0.6) is 0 Å². The van der Waals surface area contributed by atoms with Gasteiger partial charge < -0.3 is 9.47 Å². The number of ether oxygens (including phenoxy) is 2. The van der Waals surface area contributed by atoms with Crippen LogP contribution in [0.3, 0.4) is 0 Å². The van der Waals surface area contributed by atoms with Gasteiger partial charge in [0.1, 0.15) is 0 Å². The Morgan fingerprint density at radius 2 is 2.00 bits per heavy atom. The minimum Gasteiger partial charge on any atom is -0.469 e. The molecule has 21 heavy (non-hydrogen) atoms. The summed E-state index contributed by atoms with van der Waals surface area (Å²) in [6.07, 6.45) is -0.113. The van der Waals surface area contributed by atoms with Crippen molar-refractivity contribution in [1.82, 2.24) is 0 Å². The van der Waals surface area contributed by atoms with Crippen LogP contribution < -0.4 is 0 Å². The molecule has 0 amide bonds. The molecule has 2 unspecified atom stereocenters. The van der Waals surface area contributed by atoms with Gasteiger partial charge in [-0.2, -0.15) is 0 Å². The Balaban J connectivity index is 2.10. The van der Waals surface area contributed by atoms with Crippen molar-refractivity contribution in [3.63, 3.8) is 0 Å². The maximum atomic E-state index is 12.0. The smallest absolute Gasteiger partial charge is 0.345 e. The van der Waals surface area contributed by atoms with Gasteiger partial charge in [0.2, 0.25) is 11.9 Å². The number of ketones is 1. The van der Waals surface area contributed by atoms with Gasteiger partial charge in [-0.1, -0.05) is 25.1 Å². The van der Waals surface area contributed by atoms with Crippen LogP contribution in [0, 0.1) is 5.92 Å². The summed E-state index contributed by atoms with van der Waals surface area (Å²) in [7, 11) is 1.25. The maximum absolute atomic E-state index is 12.0. The van der Waals surface area contributed by atoms with E-state index < -0.39 is 29.7 Å². The standard InChI is InChI=1S/C15H15NO5/c1-9(14(18)20-2)8-11(17)12-15(19)21-13(16-12)10-6-4-3-5-7-10/h3-7,9,12H,8H2,1-2H3. The van der Waals surface area contributed by atoms with Crippen LogP contribution in [0.15, 0.2) is 35.3 Å². The van der Waals surface area contributed by atoms with Crippen LogP contribution in [0.4, 0.5) is 0 Å². The predicted molar refractivity (Wildman–Crippen MR) is 73.7 cm³/mol. The van der Waals surface area contributed by atoms with E-state index in [1.165, 1.54) is 7.11 Å². The van der Waals surface area contributed by atoms with Crippen molar-refractivity contribution >= 4 is 23.6 Å². The summed E-state index contributed by atoms with van der Waals surface area (Å²) in [6, 6.07) is 7.64. The highest BCUT2D eigenvalue weighted by Gasteiger charge is 2.36. The molecule has 1 aromatic rings. The number of hydrogen-bond acceptors (Lipinski definition) is 6. The highest BCUT2D eigenvalue weighted by atomic mass is 16.6. The first-order valence-corrected chi connectivity index (χ1v) is 6.48. The Morgan fingerprint density at radius 1 is 1.33 bits per heavy atom. The molecule has 0 saturated heterocycles. The van der Waals surface area contributed by atoms with Crippen molar-refractivity contribution in [3.8, 4) is 0 Å². The molecule has 0 aliphatic carbocycles. The quantitative estimate of drug-likeness (QED) is 0.599. The van der Waals surface area contributed by atoms with Gasteiger partial charge in [-0.15, -0.1) is 0 Å². The first-order valence-electron chi connectivity index (χ1n) is 6.48. The molecule has 1 heterocycles. The summed E-state index contributed by atoms with van der Waals surface area (Å²) in [5.74, 6) is -2.15. The number of aliphatic imine (C=N–C) groups is 1. The fourth-order valence-electron chi connectivity index (χ4n) is 1.96. The lowest BCUT2D eigenvalue weighted by atomic mass is 10.0. The summed E-state index contributed by atoms with van der Waals surface area (Å²) >= 11 is 0. The third-order valence-electron chi connectivity index (χ3n) is 3.10. The van der Waals surface area contributed by atoms with Gasteiger partial charge in [0, 0.05) is 12.0 Å². The van der Waals surface area contributed by atoms with Crippen molar-refractivity contribution in [2.45, 2.75) is 19.4 Å². The lowest BCUT2D eigenvalue weighted by Gasteiger charge is -2.08. The van der Waals surface area contributed by atoms with E-state index >= 15 is 0 Å². The van der Waals surface area contributed by atoms with Gasteiger partial charge in [-0.25, -0.2) is 9.79 Å². The first-order chi connectivity index (χ1) is 10.0. The van der Waals surface area contributed by atoms with E-state index in [2.05, 4.69) is 9.73 Å². The average Bonchev–Trinajstić information content (AvgIpc) is 2.89. The molecule has 0 bridgehead atoms. The predicted octanol–water partition coefficient (Wildman–Crippen LogP) is 1.13. The number of hydrogen-bond donors (Lipinski definition) is 0. The fraction of sp³-hybridized carbons (Fsp3) is 0.333. The van der Waals surface area contributed by atoms with Crippen LogP contribution in [-0.2, 0) is 23.9 Å². The molecule has 0 N–H and O–H groups in total. The van der Waals surface area contributed by atoms with Gasteiger partial charge >= 0.3 is 11.9 Å². The van der Waals surface area contributed by atoms with E-state index in [4.69, 9.17) is 4.74 Å². The number of methoxy groups -OCH3 is 1. The van der Waals surface area contributed by atoms with Crippen LogP contribution in [0.2, 0.25) is 0 Å². The maximum Gasteiger partial charge on any atom is 0.345 e. The zero-order chi connectivity index (χ0) is 15.4. The molecule has 0 aromatic heterocycles. The molecule has 2 atom stereocenters. The number of benzene rings is 1. The SMILES string of the molecule is COC(=O)C(C)CC(=O)C1N=C(c2ccccc2)OC1=O. The molecule has 1 aliphatic rings. The molecule has 0 saturated carbocycles. The van der Waals surface area contributed by atoms with Crippen LogP contribution >= 0.6 is 0 Å². The van der Waals surface area contributed by atoms with Crippen LogP contribution in [-0.4, -0.2) is 36.8 Å². The third-order valence-corrected chi connectivity index (χ3v) is 3.10. The molecular weight excluding hydrogens is 274 g/mol. The molecule has 6 heteroatoms. The average molecular weight is 289 g/mol. The second-order valence-corrected chi connectivity index (χ2v) is 4.72. The Bertz CT molecular complexity index is 593. The zero-order valence-electron chi connectivity index (χ0n) is 11.7. The highest BCUT2D eigenvalue weighted by Crippen LogP contribution is 2.17. The molecule has 1 aliphatic heterocycles. The number of Topliss-reactive ketones (excluding diaryl/α,β-unsaturated/α-hetero) is 1. The summed E-state index contributed by atoms with van der Waals surface area (Å²) in [6.45, 7) is 1.56. The molecule has 0 radical (unpaired) electrons. The first kappa shape index (κ1) is 14.9. The van der Waals surface area contributed by atoms with Crippen LogP contribution in [0.25, 0.3) is 0 Å². The van der Waals surface area contributed by atoms with Crippen molar-refractivity contribution in [1.29, 1.82) is 0 Å². The Morgan fingerprint density at radius 3 is 2.62 bits per heavy atom. The lowest BCUT2D eigenvalue weighted by molar-refractivity contribution is -0.147. The number of nitrogens with zero attached hydrogens (tertiary/aromatic N) is 1. The molecule has 110 valence electrons. The van der Waals surface area contributed by atoms with Crippen molar-refractivity contribution in [2.24, 2.45) is 10.9 Å². The largest absolute Gasteiger partial charge is 0.469 e. The van der Waals surface area contributed by atoms with E-state index in [0.29, 0.717) is 5.56 Å². The Hall–Kier alpha value is -2.50. The van der Waals surface area contributed by atoms with E-state index in [0.717, 1.165) is 0 Å². The van der Waals surface area contributed by atoms with Gasteiger partial charge in [0.15, 0.2) is 5.78 Å². The Kier molecular flexibility index (Phi) is 4.47. The van der Waals surface area contributed by atoms with E-state index in [1.807, 2.05) is 6.07 Å². The zero-order valence-corrected chi connectivity index (χ0v) is 11.7. The van der Waals surface area contributed by atoms with Crippen LogP contribution in [0.1, 0.15) is 18.9 Å². The summed E-state index contributed by atoms with van der Waals surface area (Å²) in [4.78, 5) is 39.1. The second-order valence-electron chi connectivity index (χ2n) is 4.72. The molecular formula is C15H15NO5. The van der Waals surface area contributed by atoms with E-state index in [1.54, 1.807) is 31.2 Å².